The first kappa shape index (κ1) is 24.6. The SMILES string of the molecule is COC(=O)C1=C(C)N=c2s/c(=C/c3cccc(Br)c3)c(=O)n2[C@@H]1c1ccc(OC(C)=O)c(OC)c1. The maximum Gasteiger partial charge on any atom is 0.338 e. The molecule has 4 rings (SSSR count). The van der Waals surface area contributed by atoms with E-state index in [1.807, 2.05) is 24.3 Å². The first-order valence-corrected chi connectivity index (χ1v) is 12.1. The number of halogens is 1. The van der Waals surface area contributed by atoms with Gasteiger partial charge >= 0.3 is 11.9 Å². The van der Waals surface area contributed by atoms with Gasteiger partial charge in [0.2, 0.25) is 0 Å². The molecule has 35 heavy (non-hydrogen) atoms. The highest BCUT2D eigenvalue weighted by molar-refractivity contribution is 9.10. The van der Waals surface area contributed by atoms with Crippen LogP contribution in [0.4, 0.5) is 0 Å². The van der Waals surface area contributed by atoms with Crippen molar-refractivity contribution in [1.29, 1.82) is 0 Å². The Labute approximate surface area is 212 Å². The van der Waals surface area contributed by atoms with Crippen LogP contribution in [-0.4, -0.2) is 30.7 Å². The Morgan fingerprint density at radius 2 is 1.91 bits per heavy atom. The number of thiazole rings is 1. The molecule has 1 atom stereocenters. The Hall–Kier alpha value is -3.50. The lowest BCUT2D eigenvalue weighted by atomic mass is 9.95. The first-order chi connectivity index (χ1) is 16.7. The van der Waals surface area contributed by atoms with Crippen molar-refractivity contribution in [3.63, 3.8) is 0 Å². The minimum Gasteiger partial charge on any atom is -0.493 e. The van der Waals surface area contributed by atoms with E-state index in [0.29, 0.717) is 20.6 Å². The molecular weight excluding hydrogens is 536 g/mol. The predicted molar refractivity (Wildman–Crippen MR) is 134 cm³/mol. The van der Waals surface area contributed by atoms with Crippen molar-refractivity contribution in [2.75, 3.05) is 14.2 Å². The predicted octanol–water partition coefficient (Wildman–Crippen LogP) is 3.10. The molecule has 0 spiro atoms. The van der Waals surface area contributed by atoms with Gasteiger partial charge in [-0.1, -0.05) is 45.5 Å². The second-order valence-corrected chi connectivity index (χ2v) is 9.56. The van der Waals surface area contributed by atoms with Gasteiger partial charge in [0.1, 0.15) is 0 Å². The lowest BCUT2D eigenvalue weighted by molar-refractivity contribution is -0.136. The number of allylic oxidation sites excluding steroid dienone is 1. The van der Waals surface area contributed by atoms with Crippen LogP contribution < -0.4 is 24.4 Å². The molecule has 1 aliphatic rings. The van der Waals surface area contributed by atoms with Crippen molar-refractivity contribution in [2.45, 2.75) is 19.9 Å². The van der Waals surface area contributed by atoms with Crippen LogP contribution >= 0.6 is 27.3 Å². The third-order valence-corrected chi connectivity index (χ3v) is 6.81. The van der Waals surface area contributed by atoms with Gasteiger partial charge in [-0.05, 0) is 48.4 Å². The normalized spacial score (nSPS) is 15.3. The molecule has 0 radical (unpaired) electrons. The molecule has 1 aliphatic heterocycles. The number of methoxy groups -OCH3 is 2. The molecule has 2 heterocycles. The van der Waals surface area contributed by atoms with Gasteiger partial charge in [0.05, 0.1) is 36.1 Å². The second-order valence-electron chi connectivity index (χ2n) is 7.63. The fourth-order valence-corrected chi connectivity index (χ4v) is 5.31. The number of aromatic nitrogens is 1. The van der Waals surface area contributed by atoms with Gasteiger partial charge in [-0.2, -0.15) is 0 Å². The van der Waals surface area contributed by atoms with Crippen LogP contribution in [0.5, 0.6) is 11.5 Å². The number of hydrogen-bond donors (Lipinski definition) is 0. The summed E-state index contributed by atoms with van der Waals surface area (Å²) in [4.78, 5) is 42.9. The van der Waals surface area contributed by atoms with E-state index in [2.05, 4.69) is 20.9 Å². The van der Waals surface area contributed by atoms with Crippen LogP contribution in [0, 0.1) is 0 Å². The van der Waals surface area contributed by atoms with Crippen LogP contribution in [0.25, 0.3) is 6.08 Å². The lowest BCUT2D eigenvalue weighted by Crippen LogP contribution is -2.39. The van der Waals surface area contributed by atoms with Gasteiger partial charge in [0, 0.05) is 11.4 Å². The number of rotatable bonds is 5. The molecule has 0 saturated heterocycles. The number of esters is 2. The van der Waals surface area contributed by atoms with Gasteiger partial charge in [-0.25, -0.2) is 9.79 Å². The molecule has 0 saturated carbocycles. The van der Waals surface area contributed by atoms with E-state index in [9.17, 15) is 14.4 Å². The molecular formula is C25H21BrN2O6S. The number of nitrogens with zero attached hydrogens (tertiary/aromatic N) is 2. The summed E-state index contributed by atoms with van der Waals surface area (Å²) in [6.07, 6.45) is 1.78. The summed E-state index contributed by atoms with van der Waals surface area (Å²) in [7, 11) is 2.72. The van der Waals surface area contributed by atoms with E-state index in [-0.39, 0.29) is 22.6 Å². The minimum atomic E-state index is -0.816. The quantitative estimate of drug-likeness (QED) is 0.354. The molecule has 3 aromatic rings. The van der Waals surface area contributed by atoms with Crippen molar-refractivity contribution < 1.29 is 23.8 Å². The monoisotopic (exact) mass is 556 g/mol. The molecule has 1 aromatic heterocycles. The molecule has 0 unspecified atom stereocenters. The molecule has 0 aliphatic carbocycles. The molecule has 8 nitrogen and oxygen atoms in total. The summed E-state index contributed by atoms with van der Waals surface area (Å²) >= 11 is 4.68. The van der Waals surface area contributed by atoms with Crippen LogP contribution in [-0.2, 0) is 14.3 Å². The highest BCUT2D eigenvalue weighted by atomic mass is 79.9. The second kappa shape index (κ2) is 10.0. The molecule has 10 heteroatoms. The highest BCUT2D eigenvalue weighted by Gasteiger charge is 2.33. The van der Waals surface area contributed by atoms with Crippen molar-refractivity contribution in [3.05, 3.63) is 89.0 Å². The minimum absolute atomic E-state index is 0.228. The summed E-state index contributed by atoms with van der Waals surface area (Å²) in [6, 6.07) is 11.6. The van der Waals surface area contributed by atoms with Crippen molar-refractivity contribution in [2.24, 2.45) is 4.99 Å². The highest BCUT2D eigenvalue weighted by Crippen LogP contribution is 2.36. The number of hydrogen-bond acceptors (Lipinski definition) is 8. The van der Waals surface area contributed by atoms with Gasteiger partial charge in [0.25, 0.3) is 5.56 Å². The Kier molecular flexibility index (Phi) is 7.04. The largest absolute Gasteiger partial charge is 0.493 e. The van der Waals surface area contributed by atoms with Crippen LogP contribution in [0.3, 0.4) is 0 Å². The zero-order valence-corrected chi connectivity index (χ0v) is 21.7. The van der Waals surface area contributed by atoms with Gasteiger partial charge < -0.3 is 14.2 Å². The molecule has 0 amide bonds. The van der Waals surface area contributed by atoms with Gasteiger partial charge in [0.15, 0.2) is 16.3 Å². The van der Waals surface area contributed by atoms with E-state index in [4.69, 9.17) is 14.2 Å². The number of ether oxygens (including phenoxy) is 3. The summed E-state index contributed by atoms with van der Waals surface area (Å²) < 4.78 is 18.5. The Morgan fingerprint density at radius 1 is 1.14 bits per heavy atom. The smallest absolute Gasteiger partial charge is 0.338 e. The van der Waals surface area contributed by atoms with Crippen molar-refractivity contribution >= 4 is 45.3 Å². The standard InChI is InChI=1S/C25H21BrN2O6S/c1-13-21(24(31)33-4)22(16-8-9-18(34-14(2)29)19(12-16)32-3)28-23(30)20(35-25(28)27-13)11-15-6-5-7-17(26)10-15/h5-12,22H,1-4H3/b20-11+/t22-/m1/s1. The third kappa shape index (κ3) is 4.85. The molecule has 0 fully saturated rings. The molecule has 0 N–H and O–H groups in total. The van der Waals surface area contributed by atoms with E-state index in [0.717, 1.165) is 10.0 Å². The summed E-state index contributed by atoms with van der Waals surface area (Å²) in [5.41, 5.74) is 1.80. The fourth-order valence-electron chi connectivity index (χ4n) is 3.85. The first-order valence-electron chi connectivity index (χ1n) is 10.5. The molecule has 0 bridgehead atoms. The summed E-state index contributed by atoms with van der Waals surface area (Å²) in [5.74, 6) is -0.581. The molecule has 2 aromatic carbocycles. The Bertz CT molecular complexity index is 1550. The van der Waals surface area contributed by atoms with Crippen molar-refractivity contribution in [3.8, 4) is 11.5 Å². The lowest BCUT2D eigenvalue weighted by Gasteiger charge is -2.25. The van der Waals surface area contributed by atoms with E-state index >= 15 is 0 Å². The average molecular weight is 557 g/mol. The molecule has 180 valence electrons. The van der Waals surface area contributed by atoms with E-state index < -0.39 is 18.0 Å². The maximum absolute atomic E-state index is 13.6. The van der Waals surface area contributed by atoms with Crippen molar-refractivity contribution in [1.82, 2.24) is 4.57 Å². The number of benzene rings is 2. The van der Waals surface area contributed by atoms with Crippen LogP contribution in [0.15, 0.2) is 68.0 Å². The zero-order valence-electron chi connectivity index (χ0n) is 19.3. The zero-order chi connectivity index (χ0) is 25.3. The van der Waals surface area contributed by atoms with E-state index in [1.165, 1.54) is 37.0 Å². The number of fused-ring (bicyclic) bond motifs is 1. The Balaban J connectivity index is 1.96. The average Bonchev–Trinajstić information content (AvgIpc) is 3.12. The van der Waals surface area contributed by atoms with Crippen LogP contribution in [0.2, 0.25) is 0 Å². The summed E-state index contributed by atoms with van der Waals surface area (Å²) in [6.45, 7) is 2.99. The van der Waals surface area contributed by atoms with E-state index in [1.54, 1.807) is 31.2 Å². The number of carbonyl (C=O) groups is 2. The summed E-state index contributed by atoms with van der Waals surface area (Å²) in [5, 5.41) is 0. The van der Waals surface area contributed by atoms with Gasteiger partial charge in [-0.3, -0.25) is 14.2 Å². The fraction of sp³-hybridized carbons (Fsp3) is 0.200. The third-order valence-electron chi connectivity index (χ3n) is 5.33. The van der Waals surface area contributed by atoms with Crippen LogP contribution in [0.1, 0.15) is 31.0 Å². The maximum atomic E-state index is 13.6. The number of carbonyl (C=O) groups excluding carboxylic acids is 2. The topological polar surface area (TPSA) is 96.2 Å². The van der Waals surface area contributed by atoms with Gasteiger partial charge in [-0.15, -0.1) is 0 Å². The Morgan fingerprint density at radius 3 is 2.57 bits per heavy atom.